The summed E-state index contributed by atoms with van der Waals surface area (Å²) in [7, 11) is 0. The molecule has 0 aliphatic heterocycles. The van der Waals surface area contributed by atoms with Gasteiger partial charge in [0.1, 0.15) is 5.54 Å². The van der Waals surface area contributed by atoms with Crippen molar-refractivity contribution in [3.05, 3.63) is 35.9 Å². The molecule has 0 spiro atoms. The van der Waals surface area contributed by atoms with Gasteiger partial charge in [0.15, 0.2) is 0 Å². The molecule has 0 aromatic heterocycles. The van der Waals surface area contributed by atoms with Crippen molar-refractivity contribution in [3.63, 3.8) is 0 Å². The van der Waals surface area contributed by atoms with Crippen molar-refractivity contribution in [2.24, 2.45) is 5.92 Å². The van der Waals surface area contributed by atoms with Crippen LogP contribution in [0, 0.1) is 17.2 Å². The van der Waals surface area contributed by atoms with E-state index in [1.807, 2.05) is 51.1 Å². The number of nitrogens with zero attached hydrogens (tertiary/aromatic N) is 2. The van der Waals surface area contributed by atoms with Crippen LogP contribution in [-0.4, -0.2) is 29.4 Å². The maximum atomic E-state index is 12.2. The van der Waals surface area contributed by atoms with Gasteiger partial charge in [0.05, 0.1) is 12.6 Å². The van der Waals surface area contributed by atoms with Crippen molar-refractivity contribution in [1.82, 2.24) is 10.2 Å². The van der Waals surface area contributed by atoms with Gasteiger partial charge in [0.25, 0.3) is 0 Å². The molecule has 4 heteroatoms. The Morgan fingerprint density at radius 3 is 2.48 bits per heavy atom. The third kappa shape index (κ3) is 5.20. The second kappa shape index (κ2) is 7.80. The Hall–Kier alpha value is -1.86. The van der Waals surface area contributed by atoms with E-state index in [-0.39, 0.29) is 11.8 Å². The van der Waals surface area contributed by atoms with Crippen molar-refractivity contribution in [2.75, 3.05) is 13.1 Å². The fraction of sp³-hybridized carbons (Fsp3) is 0.529. The van der Waals surface area contributed by atoms with E-state index in [4.69, 9.17) is 0 Å². The molecule has 0 aliphatic carbocycles. The number of rotatable bonds is 7. The summed E-state index contributed by atoms with van der Waals surface area (Å²) in [5.41, 5.74) is 0.363. The first-order chi connectivity index (χ1) is 9.91. The van der Waals surface area contributed by atoms with Gasteiger partial charge in [-0.15, -0.1) is 0 Å². The molecule has 1 aromatic carbocycles. The summed E-state index contributed by atoms with van der Waals surface area (Å²) in [5, 5.41) is 12.1. The van der Waals surface area contributed by atoms with Gasteiger partial charge in [-0.25, -0.2) is 0 Å². The molecule has 1 amide bonds. The number of hydrogen-bond acceptors (Lipinski definition) is 3. The highest BCUT2D eigenvalue weighted by Gasteiger charge is 2.30. The summed E-state index contributed by atoms with van der Waals surface area (Å²) in [6, 6.07) is 12.3. The highest BCUT2D eigenvalue weighted by atomic mass is 16.2. The van der Waals surface area contributed by atoms with Gasteiger partial charge in [-0.2, -0.15) is 5.26 Å². The first-order valence-corrected chi connectivity index (χ1v) is 7.39. The van der Waals surface area contributed by atoms with Gasteiger partial charge in [0.2, 0.25) is 5.91 Å². The Morgan fingerprint density at radius 2 is 2.00 bits per heavy atom. The van der Waals surface area contributed by atoms with Crippen molar-refractivity contribution in [3.8, 4) is 6.07 Å². The van der Waals surface area contributed by atoms with Crippen LogP contribution >= 0.6 is 0 Å². The van der Waals surface area contributed by atoms with Crippen LogP contribution in [0.2, 0.25) is 0 Å². The lowest BCUT2D eigenvalue weighted by molar-refractivity contribution is -0.124. The van der Waals surface area contributed by atoms with Crippen molar-refractivity contribution in [2.45, 2.75) is 39.8 Å². The SMILES string of the molecule is CCN(CC(=O)N[C@](C)(C#N)C(C)C)Cc1ccccc1. The fourth-order valence-corrected chi connectivity index (χ4v) is 1.95. The predicted octanol–water partition coefficient (Wildman–Crippen LogP) is 2.56. The number of nitriles is 1. The van der Waals surface area contributed by atoms with Crippen molar-refractivity contribution < 1.29 is 4.79 Å². The molecule has 0 bridgehead atoms. The number of carbonyl (C=O) groups is 1. The van der Waals surface area contributed by atoms with Gasteiger partial charge in [0, 0.05) is 6.54 Å². The normalized spacial score (nSPS) is 13.8. The first kappa shape index (κ1) is 17.2. The maximum absolute atomic E-state index is 12.2. The highest BCUT2D eigenvalue weighted by Crippen LogP contribution is 2.15. The third-order valence-corrected chi connectivity index (χ3v) is 3.85. The van der Waals surface area contributed by atoms with Gasteiger partial charge in [-0.05, 0) is 24.9 Å². The summed E-state index contributed by atoms with van der Waals surface area (Å²) in [6.07, 6.45) is 0. The van der Waals surface area contributed by atoms with Crippen LogP contribution in [0.25, 0.3) is 0 Å². The van der Waals surface area contributed by atoms with Crippen LogP contribution in [0.15, 0.2) is 30.3 Å². The maximum Gasteiger partial charge on any atom is 0.235 e. The van der Waals surface area contributed by atoms with E-state index in [1.54, 1.807) is 6.92 Å². The summed E-state index contributed by atoms with van der Waals surface area (Å²) < 4.78 is 0. The minimum Gasteiger partial charge on any atom is -0.337 e. The molecule has 1 atom stereocenters. The molecule has 0 saturated heterocycles. The molecule has 0 heterocycles. The molecule has 0 unspecified atom stereocenters. The highest BCUT2D eigenvalue weighted by molar-refractivity contribution is 5.79. The zero-order valence-corrected chi connectivity index (χ0v) is 13.4. The molecule has 1 aromatic rings. The van der Waals surface area contributed by atoms with E-state index in [9.17, 15) is 10.1 Å². The van der Waals surface area contributed by atoms with Gasteiger partial charge < -0.3 is 5.32 Å². The smallest absolute Gasteiger partial charge is 0.235 e. The van der Waals surface area contributed by atoms with E-state index >= 15 is 0 Å². The number of benzene rings is 1. The monoisotopic (exact) mass is 287 g/mol. The number of amides is 1. The standard InChI is InChI=1S/C17H25N3O/c1-5-20(11-15-9-7-6-8-10-15)12-16(21)19-17(4,13-18)14(2)3/h6-10,14H,5,11-12H2,1-4H3,(H,19,21)/t17-/m1/s1. The molecule has 0 aliphatic rings. The minimum absolute atomic E-state index is 0.0654. The average molecular weight is 287 g/mol. The van der Waals surface area contributed by atoms with Crippen LogP contribution in [-0.2, 0) is 11.3 Å². The Bertz CT molecular complexity index is 493. The summed E-state index contributed by atoms with van der Waals surface area (Å²) in [5.74, 6) is -0.0406. The molecule has 4 nitrogen and oxygen atoms in total. The van der Waals surface area contributed by atoms with Crippen LogP contribution in [0.3, 0.4) is 0 Å². The van der Waals surface area contributed by atoms with E-state index in [0.29, 0.717) is 6.54 Å². The zero-order valence-electron chi connectivity index (χ0n) is 13.4. The lowest BCUT2D eigenvalue weighted by Gasteiger charge is -2.29. The van der Waals surface area contributed by atoms with Crippen LogP contribution < -0.4 is 5.32 Å². The first-order valence-electron chi connectivity index (χ1n) is 7.39. The molecule has 0 fully saturated rings. The number of hydrogen-bond donors (Lipinski definition) is 1. The van der Waals surface area contributed by atoms with Gasteiger partial charge in [-0.1, -0.05) is 51.1 Å². The molecule has 1 N–H and O–H groups in total. The Balaban J connectivity index is 2.61. The molecular formula is C17H25N3O. The van der Waals surface area contributed by atoms with E-state index in [0.717, 1.165) is 13.1 Å². The van der Waals surface area contributed by atoms with E-state index in [2.05, 4.69) is 16.3 Å². The minimum atomic E-state index is -0.816. The topological polar surface area (TPSA) is 56.1 Å². The molecular weight excluding hydrogens is 262 g/mol. The molecule has 0 saturated carbocycles. The van der Waals surface area contributed by atoms with Crippen LogP contribution in [0.1, 0.15) is 33.3 Å². The summed E-state index contributed by atoms with van der Waals surface area (Å²) in [6.45, 7) is 9.49. The fourth-order valence-electron chi connectivity index (χ4n) is 1.95. The summed E-state index contributed by atoms with van der Waals surface area (Å²) in [4.78, 5) is 14.2. The van der Waals surface area contributed by atoms with E-state index in [1.165, 1.54) is 5.56 Å². The average Bonchev–Trinajstić information content (AvgIpc) is 2.47. The Kier molecular flexibility index (Phi) is 6.39. The zero-order chi connectivity index (χ0) is 15.9. The quantitative estimate of drug-likeness (QED) is 0.838. The second-order valence-electron chi connectivity index (χ2n) is 5.81. The van der Waals surface area contributed by atoms with Crippen LogP contribution in [0.4, 0.5) is 0 Å². The summed E-state index contributed by atoms with van der Waals surface area (Å²) >= 11 is 0. The molecule has 21 heavy (non-hydrogen) atoms. The lowest BCUT2D eigenvalue weighted by Crippen LogP contribution is -2.51. The third-order valence-electron chi connectivity index (χ3n) is 3.85. The second-order valence-corrected chi connectivity index (χ2v) is 5.81. The Morgan fingerprint density at radius 1 is 1.38 bits per heavy atom. The molecule has 1 rings (SSSR count). The van der Waals surface area contributed by atoms with Crippen LogP contribution in [0.5, 0.6) is 0 Å². The number of nitrogens with one attached hydrogen (secondary N) is 1. The number of likely N-dealkylation sites (N-methyl/N-ethyl adjacent to an activating group) is 1. The van der Waals surface area contributed by atoms with E-state index < -0.39 is 5.54 Å². The van der Waals surface area contributed by atoms with Gasteiger partial charge >= 0.3 is 0 Å². The lowest BCUT2D eigenvalue weighted by atomic mass is 9.90. The van der Waals surface area contributed by atoms with Gasteiger partial charge in [-0.3, -0.25) is 9.69 Å². The predicted molar refractivity (Wildman–Crippen MR) is 84.4 cm³/mol. The molecule has 114 valence electrons. The number of carbonyl (C=O) groups excluding carboxylic acids is 1. The van der Waals surface area contributed by atoms with Crippen molar-refractivity contribution in [1.29, 1.82) is 5.26 Å². The van der Waals surface area contributed by atoms with Crippen molar-refractivity contribution >= 4 is 5.91 Å². The Labute approximate surface area is 127 Å². The largest absolute Gasteiger partial charge is 0.337 e. The molecule has 0 radical (unpaired) electrons.